The number of hydrogen-bond acceptors (Lipinski definition) is 2. The summed E-state index contributed by atoms with van der Waals surface area (Å²) in [7, 11) is 0. The van der Waals surface area contributed by atoms with Crippen LogP contribution >= 0.6 is 0 Å². The first-order chi connectivity index (χ1) is 27.8. The van der Waals surface area contributed by atoms with Crippen LogP contribution in [0.25, 0.3) is 60.5 Å². The average Bonchev–Trinajstić information content (AvgIpc) is 3.88. The molecular formula is C53H58N4. The van der Waals surface area contributed by atoms with Crippen LogP contribution in [-0.4, -0.2) is 22.3 Å². The fourth-order valence-electron chi connectivity index (χ4n) is 6.95. The van der Waals surface area contributed by atoms with Crippen LogP contribution in [0.15, 0.2) is 189 Å². The smallest absolute Gasteiger partial charge is 0.0619 e. The molecule has 0 aliphatic carbocycles. The van der Waals surface area contributed by atoms with Crippen molar-refractivity contribution in [1.82, 2.24) is 9.55 Å². The Labute approximate surface area is 340 Å². The molecule has 57 heavy (non-hydrogen) atoms. The lowest BCUT2D eigenvalue weighted by atomic mass is 9.87. The highest BCUT2D eigenvalue weighted by Crippen LogP contribution is 2.39. The van der Waals surface area contributed by atoms with E-state index in [0.717, 1.165) is 61.3 Å². The molecule has 4 aromatic carbocycles. The third-order valence-electron chi connectivity index (χ3n) is 10.1. The molecule has 0 saturated carbocycles. The highest BCUT2D eigenvalue weighted by molar-refractivity contribution is 6.19. The molecule has 0 fully saturated rings. The van der Waals surface area contributed by atoms with Gasteiger partial charge >= 0.3 is 0 Å². The van der Waals surface area contributed by atoms with E-state index in [1.165, 1.54) is 33.5 Å². The molecule has 1 unspecified atom stereocenters. The fourth-order valence-corrected chi connectivity index (χ4v) is 6.95. The minimum Gasteiger partial charge on any atom is -0.361 e. The number of rotatable bonds is 13. The van der Waals surface area contributed by atoms with E-state index in [1.807, 2.05) is 65.0 Å². The highest BCUT2D eigenvalue weighted by atomic mass is 15.0. The summed E-state index contributed by atoms with van der Waals surface area (Å²) in [6.07, 6.45) is 21.0. The second-order valence-corrected chi connectivity index (χ2v) is 13.3. The molecule has 0 amide bonds. The van der Waals surface area contributed by atoms with Crippen molar-refractivity contribution >= 4 is 49.9 Å². The molecule has 6 rings (SSSR count). The van der Waals surface area contributed by atoms with Crippen molar-refractivity contribution in [1.29, 1.82) is 5.41 Å². The number of fused-ring (bicyclic) bond motifs is 5. The van der Waals surface area contributed by atoms with E-state index in [2.05, 4.69) is 152 Å². The molecule has 0 radical (unpaired) electrons. The van der Waals surface area contributed by atoms with Gasteiger partial charge in [0.1, 0.15) is 0 Å². The summed E-state index contributed by atoms with van der Waals surface area (Å²) in [5.74, 6) is -0.00690. The van der Waals surface area contributed by atoms with Crippen molar-refractivity contribution in [2.24, 2.45) is 11.7 Å². The number of aromatic amines is 1. The van der Waals surface area contributed by atoms with Crippen LogP contribution in [0.4, 0.5) is 0 Å². The molecule has 0 aliphatic rings. The number of aromatic nitrogens is 2. The van der Waals surface area contributed by atoms with Crippen LogP contribution < -0.4 is 5.73 Å². The van der Waals surface area contributed by atoms with Crippen LogP contribution in [0, 0.1) is 11.3 Å². The standard InChI is InChI=1S/C45H41N3.C6H11N.C2H6/c1-7-30(6)42(32(10-4)23-24-46)26-33(11-5)34-17-20-39-36(25-34)19-22-41-40-21-18-35(37-27-43(47-29-37)31(8-2)9-3)28-44(40)48(45(39)41)38-15-13-12-14-16-38;1-3-6(2)4-5-7;1-2/h7-29,42,46-47H,2,4-5H2,1,3,6H3;3-4H,1,5,7H2,2H3;1-2H3/b30-7+,31-9+,32-23+,33-26+,46-24?;6-4-;. The Morgan fingerprint density at radius 3 is 2.07 bits per heavy atom. The van der Waals surface area contributed by atoms with E-state index in [0.29, 0.717) is 6.54 Å². The van der Waals surface area contributed by atoms with E-state index >= 15 is 0 Å². The summed E-state index contributed by atoms with van der Waals surface area (Å²) in [5, 5.41) is 12.4. The predicted octanol–water partition coefficient (Wildman–Crippen LogP) is 14.5. The van der Waals surface area contributed by atoms with Crippen LogP contribution in [-0.2, 0) is 0 Å². The van der Waals surface area contributed by atoms with Gasteiger partial charge in [-0.05, 0) is 103 Å². The van der Waals surface area contributed by atoms with E-state index in [9.17, 15) is 0 Å². The van der Waals surface area contributed by atoms with Crippen LogP contribution in [0.3, 0.4) is 0 Å². The Kier molecular flexibility index (Phi) is 15.9. The largest absolute Gasteiger partial charge is 0.361 e. The second kappa shape index (κ2) is 21.0. The number of benzene rings is 4. The molecule has 4 N–H and O–H groups in total. The van der Waals surface area contributed by atoms with Gasteiger partial charge in [0, 0.05) is 52.4 Å². The minimum absolute atomic E-state index is 0.00690. The first kappa shape index (κ1) is 43.2. The van der Waals surface area contributed by atoms with Gasteiger partial charge in [-0.2, -0.15) is 0 Å². The fraction of sp³-hybridized carbons (Fsp3) is 0.151. The molecule has 0 spiro atoms. The zero-order valence-corrected chi connectivity index (χ0v) is 34.6. The number of para-hydroxylation sites is 1. The van der Waals surface area contributed by atoms with Gasteiger partial charge in [-0.3, -0.25) is 0 Å². The maximum Gasteiger partial charge on any atom is 0.0619 e. The molecule has 0 saturated heterocycles. The van der Waals surface area contributed by atoms with Gasteiger partial charge in [-0.25, -0.2) is 0 Å². The molecule has 6 aromatic rings. The third kappa shape index (κ3) is 9.67. The molecule has 2 heterocycles. The Hall–Kier alpha value is -6.49. The number of hydrogen-bond donors (Lipinski definition) is 3. The number of nitrogens with one attached hydrogen (secondary N) is 2. The summed E-state index contributed by atoms with van der Waals surface area (Å²) in [5.41, 5.74) is 18.5. The summed E-state index contributed by atoms with van der Waals surface area (Å²) in [6.45, 7) is 28.5. The van der Waals surface area contributed by atoms with E-state index in [1.54, 1.807) is 6.08 Å². The highest BCUT2D eigenvalue weighted by Gasteiger charge is 2.18. The number of nitrogens with zero attached hydrogens (tertiary/aromatic N) is 1. The van der Waals surface area contributed by atoms with E-state index in [4.69, 9.17) is 11.1 Å². The van der Waals surface area contributed by atoms with Crippen molar-refractivity contribution < 1.29 is 0 Å². The van der Waals surface area contributed by atoms with Crippen molar-refractivity contribution in [3.63, 3.8) is 0 Å². The van der Waals surface area contributed by atoms with Crippen molar-refractivity contribution in [3.8, 4) is 16.8 Å². The van der Waals surface area contributed by atoms with Gasteiger partial charge in [-0.15, -0.1) is 0 Å². The predicted molar refractivity (Wildman–Crippen MR) is 254 cm³/mol. The van der Waals surface area contributed by atoms with Crippen LogP contribution in [0.1, 0.15) is 52.8 Å². The van der Waals surface area contributed by atoms with Crippen molar-refractivity contribution in [3.05, 3.63) is 200 Å². The molecule has 0 bridgehead atoms. The lowest BCUT2D eigenvalue weighted by molar-refractivity contribution is 0.920. The zero-order valence-electron chi connectivity index (χ0n) is 34.6. The zero-order chi connectivity index (χ0) is 41.5. The molecule has 2 aromatic heterocycles. The summed E-state index contributed by atoms with van der Waals surface area (Å²) in [4.78, 5) is 3.43. The quantitative estimate of drug-likeness (QED) is 0.0614. The van der Waals surface area contributed by atoms with Gasteiger partial charge in [0.25, 0.3) is 0 Å². The number of nitrogens with two attached hydrogens (primary N) is 1. The Balaban J connectivity index is 0.000000723. The van der Waals surface area contributed by atoms with Gasteiger partial charge in [0.05, 0.1) is 11.0 Å². The number of allylic oxidation sites excluding steroid dienone is 13. The monoisotopic (exact) mass is 750 g/mol. The van der Waals surface area contributed by atoms with Crippen LogP contribution in [0.2, 0.25) is 0 Å². The van der Waals surface area contributed by atoms with Gasteiger partial charge in [0.15, 0.2) is 0 Å². The molecular weight excluding hydrogens is 693 g/mol. The average molecular weight is 751 g/mol. The Morgan fingerprint density at radius 2 is 1.47 bits per heavy atom. The van der Waals surface area contributed by atoms with Crippen molar-refractivity contribution in [2.45, 2.75) is 41.5 Å². The second-order valence-electron chi connectivity index (χ2n) is 13.3. The first-order valence-corrected chi connectivity index (χ1v) is 19.6. The molecule has 290 valence electrons. The van der Waals surface area contributed by atoms with E-state index in [-0.39, 0.29) is 5.92 Å². The number of H-pyrrole nitrogens is 1. The van der Waals surface area contributed by atoms with Gasteiger partial charge in [0.2, 0.25) is 0 Å². The summed E-state index contributed by atoms with van der Waals surface area (Å²) in [6, 6.07) is 30.8. The maximum absolute atomic E-state index is 7.66. The van der Waals surface area contributed by atoms with Gasteiger partial charge in [-0.1, -0.05) is 155 Å². The van der Waals surface area contributed by atoms with E-state index < -0.39 is 0 Å². The normalized spacial score (nSPS) is 13.0. The third-order valence-corrected chi connectivity index (χ3v) is 10.1. The lowest BCUT2D eigenvalue weighted by Gasteiger charge is -2.17. The topological polar surface area (TPSA) is 70.6 Å². The molecule has 4 nitrogen and oxygen atoms in total. The van der Waals surface area contributed by atoms with Crippen molar-refractivity contribution in [2.75, 3.05) is 6.54 Å². The minimum atomic E-state index is -0.00690. The van der Waals surface area contributed by atoms with Crippen LogP contribution in [0.5, 0.6) is 0 Å². The van der Waals surface area contributed by atoms with Gasteiger partial charge < -0.3 is 20.7 Å². The Bertz CT molecular complexity index is 2540. The first-order valence-electron chi connectivity index (χ1n) is 19.6. The maximum atomic E-state index is 7.66. The summed E-state index contributed by atoms with van der Waals surface area (Å²) < 4.78 is 2.40. The summed E-state index contributed by atoms with van der Waals surface area (Å²) >= 11 is 0. The molecule has 4 heteroatoms. The lowest BCUT2D eigenvalue weighted by Crippen LogP contribution is -2.03. The molecule has 0 aliphatic heterocycles. The molecule has 1 atom stereocenters. The SMILES string of the molecule is C=C/C(=C\C(/C(C)=C/C)/C(C=C)=C/C=N)c1ccc2c(ccc3c4ccc(-c5c[nH]c(/C(C=C)=C/C)c5)cc4n(-c4ccccc4)c23)c1.C=C/C(C)=C\CN.CC. The Morgan fingerprint density at radius 1 is 0.772 bits per heavy atom.